The van der Waals surface area contributed by atoms with E-state index in [1.165, 1.54) is 23.5 Å². The topological polar surface area (TPSA) is 46.4 Å². The first-order chi connectivity index (χ1) is 13.8. The van der Waals surface area contributed by atoms with Crippen molar-refractivity contribution in [3.8, 4) is 11.3 Å². The van der Waals surface area contributed by atoms with Gasteiger partial charge in [-0.25, -0.2) is 4.98 Å². The van der Waals surface area contributed by atoms with Gasteiger partial charge in [0.05, 0.1) is 11.3 Å². The molecule has 9 heteroatoms. The van der Waals surface area contributed by atoms with E-state index in [1.54, 1.807) is 40.2 Å². The van der Waals surface area contributed by atoms with Crippen LogP contribution in [-0.2, 0) is 12.7 Å². The van der Waals surface area contributed by atoms with Crippen molar-refractivity contribution < 1.29 is 18.0 Å². The minimum atomic E-state index is -4.49. The van der Waals surface area contributed by atoms with Gasteiger partial charge in [-0.1, -0.05) is 41.9 Å². The Hall–Kier alpha value is -2.84. The number of aromatic nitrogens is 2. The molecule has 4 aromatic rings. The lowest BCUT2D eigenvalue weighted by Gasteiger charge is -2.10. The minimum absolute atomic E-state index is 0.0585. The van der Waals surface area contributed by atoms with E-state index in [0.717, 1.165) is 17.7 Å². The van der Waals surface area contributed by atoms with Crippen LogP contribution in [0.4, 0.5) is 13.2 Å². The largest absolute Gasteiger partial charge is 0.416 e. The zero-order valence-corrected chi connectivity index (χ0v) is 16.3. The second kappa shape index (κ2) is 7.53. The van der Waals surface area contributed by atoms with Crippen LogP contribution in [0.3, 0.4) is 0 Å². The molecule has 0 bridgehead atoms. The summed E-state index contributed by atoms with van der Waals surface area (Å²) in [6.07, 6.45) is -2.81. The lowest BCUT2D eigenvalue weighted by Crippen LogP contribution is -2.24. The number of halogens is 4. The van der Waals surface area contributed by atoms with Crippen LogP contribution in [0, 0.1) is 0 Å². The molecule has 2 aromatic carbocycles. The number of imidazole rings is 1. The lowest BCUT2D eigenvalue weighted by molar-refractivity contribution is -0.137. The Bertz CT molecular complexity index is 1200. The van der Waals surface area contributed by atoms with Gasteiger partial charge in [-0.15, -0.1) is 11.3 Å². The molecule has 0 spiro atoms. The van der Waals surface area contributed by atoms with Gasteiger partial charge in [-0.3, -0.25) is 9.20 Å². The van der Waals surface area contributed by atoms with Gasteiger partial charge in [0, 0.05) is 28.7 Å². The Morgan fingerprint density at radius 3 is 2.72 bits per heavy atom. The predicted molar refractivity (Wildman–Crippen MR) is 106 cm³/mol. The molecule has 29 heavy (non-hydrogen) atoms. The molecule has 4 nitrogen and oxygen atoms in total. The minimum Gasteiger partial charge on any atom is -0.346 e. The summed E-state index contributed by atoms with van der Waals surface area (Å²) in [4.78, 5) is 17.7. The molecule has 0 aliphatic carbocycles. The summed E-state index contributed by atoms with van der Waals surface area (Å²) in [7, 11) is 0. The molecule has 0 saturated heterocycles. The SMILES string of the molecule is O=C(NCc1ccccc1Cl)c1nc2sccn2c1-c1cccc(C(F)(F)F)c1. The third-order valence-electron chi connectivity index (χ3n) is 4.34. The van der Waals surface area contributed by atoms with Crippen molar-refractivity contribution in [3.05, 3.63) is 82.0 Å². The smallest absolute Gasteiger partial charge is 0.346 e. The number of fused-ring (bicyclic) bond motifs is 1. The number of hydrogen-bond acceptors (Lipinski definition) is 3. The van der Waals surface area contributed by atoms with Crippen molar-refractivity contribution in [2.45, 2.75) is 12.7 Å². The van der Waals surface area contributed by atoms with Gasteiger partial charge in [0.2, 0.25) is 0 Å². The predicted octanol–water partition coefficient (Wildman–Crippen LogP) is 5.67. The van der Waals surface area contributed by atoms with Gasteiger partial charge in [-0.2, -0.15) is 13.2 Å². The molecule has 148 valence electrons. The van der Waals surface area contributed by atoms with Crippen LogP contribution in [0.1, 0.15) is 21.6 Å². The molecule has 0 atom stereocenters. The molecule has 0 unspecified atom stereocenters. The lowest BCUT2D eigenvalue weighted by atomic mass is 10.1. The second-order valence-corrected chi connectivity index (χ2v) is 7.50. The summed E-state index contributed by atoms with van der Waals surface area (Å²) in [5.74, 6) is -0.492. The van der Waals surface area contributed by atoms with Gasteiger partial charge in [0.1, 0.15) is 0 Å². The molecule has 2 aromatic heterocycles. The maximum Gasteiger partial charge on any atom is 0.416 e. The molecule has 0 aliphatic heterocycles. The number of nitrogens with one attached hydrogen (secondary N) is 1. The standard InChI is InChI=1S/C20H13ClF3N3OS/c21-15-7-2-1-4-13(15)11-25-18(28)16-17(27-8-9-29-19(27)26-16)12-5-3-6-14(10-12)20(22,23)24/h1-10H,11H2,(H,25,28). The molecule has 1 amide bonds. The highest BCUT2D eigenvalue weighted by Gasteiger charge is 2.31. The molecular weight excluding hydrogens is 423 g/mol. The average molecular weight is 436 g/mol. The molecule has 1 N–H and O–H groups in total. The van der Waals surface area contributed by atoms with Gasteiger partial charge in [0.25, 0.3) is 5.91 Å². The summed E-state index contributed by atoms with van der Waals surface area (Å²) in [6, 6.07) is 11.9. The summed E-state index contributed by atoms with van der Waals surface area (Å²) >= 11 is 7.40. The van der Waals surface area contributed by atoms with Crippen molar-refractivity contribution >= 4 is 33.8 Å². The van der Waals surface area contributed by atoms with Crippen molar-refractivity contribution in [2.24, 2.45) is 0 Å². The highest BCUT2D eigenvalue weighted by atomic mass is 35.5. The van der Waals surface area contributed by atoms with Crippen LogP contribution < -0.4 is 5.32 Å². The summed E-state index contributed by atoms with van der Waals surface area (Å²) in [5.41, 5.74) is 0.563. The number of carbonyl (C=O) groups excluding carboxylic acids is 1. The number of benzene rings is 2. The number of hydrogen-bond donors (Lipinski definition) is 1. The number of amides is 1. The first-order valence-electron chi connectivity index (χ1n) is 8.49. The van der Waals surface area contributed by atoms with E-state index in [1.807, 2.05) is 0 Å². The number of nitrogens with zero attached hydrogens (tertiary/aromatic N) is 2. The Kier molecular flexibility index (Phi) is 5.06. The Morgan fingerprint density at radius 1 is 1.17 bits per heavy atom. The Morgan fingerprint density at radius 2 is 1.97 bits per heavy atom. The number of rotatable bonds is 4. The van der Waals surface area contributed by atoms with Gasteiger partial charge in [-0.05, 0) is 23.8 Å². The van der Waals surface area contributed by atoms with Crippen LogP contribution in [0.2, 0.25) is 5.02 Å². The highest BCUT2D eigenvalue weighted by molar-refractivity contribution is 7.15. The maximum atomic E-state index is 13.2. The number of thiazole rings is 1. The molecular formula is C20H13ClF3N3OS. The highest BCUT2D eigenvalue weighted by Crippen LogP contribution is 2.34. The van der Waals surface area contributed by atoms with Crippen molar-refractivity contribution in [2.75, 3.05) is 0 Å². The molecule has 0 aliphatic rings. The molecule has 4 rings (SSSR count). The molecule has 0 saturated carbocycles. The monoisotopic (exact) mass is 435 g/mol. The third-order valence-corrected chi connectivity index (χ3v) is 5.46. The summed E-state index contributed by atoms with van der Waals surface area (Å²) in [5, 5.41) is 5.01. The zero-order chi connectivity index (χ0) is 20.6. The molecule has 2 heterocycles. The Labute approximate surface area is 172 Å². The van der Waals surface area contributed by atoms with E-state index in [9.17, 15) is 18.0 Å². The van der Waals surface area contributed by atoms with E-state index in [-0.39, 0.29) is 17.8 Å². The van der Waals surface area contributed by atoms with E-state index in [0.29, 0.717) is 15.7 Å². The van der Waals surface area contributed by atoms with E-state index in [4.69, 9.17) is 11.6 Å². The quantitative estimate of drug-likeness (QED) is 0.449. The van der Waals surface area contributed by atoms with E-state index >= 15 is 0 Å². The fourth-order valence-corrected chi connectivity index (χ4v) is 3.88. The number of alkyl halides is 3. The van der Waals surface area contributed by atoms with E-state index < -0.39 is 17.6 Å². The normalized spacial score (nSPS) is 11.7. The zero-order valence-electron chi connectivity index (χ0n) is 14.7. The van der Waals surface area contributed by atoms with Crippen LogP contribution in [0.15, 0.2) is 60.1 Å². The fourth-order valence-electron chi connectivity index (χ4n) is 2.96. The second-order valence-electron chi connectivity index (χ2n) is 6.22. The van der Waals surface area contributed by atoms with Crippen molar-refractivity contribution in [1.82, 2.24) is 14.7 Å². The van der Waals surface area contributed by atoms with Gasteiger partial charge in [0.15, 0.2) is 10.7 Å². The third kappa shape index (κ3) is 3.86. The van der Waals surface area contributed by atoms with Crippen LogP contribution in [0.25, 0.3) is 16.2 Å². The maximum absolute atomic E-state index is 13.2. The summed E-state index contributed by atoms with van der Waals surface area (Å²) < 4.78 is 41.1. The average Bonchev–Trinajstić information content (AvgIpc) is 3.27. The first kappa shape index (κ1) is 19.5. The first-order valence-corrected chi connectivity index (χ1v) is 9.75. The van der Waals surface area contributed by atoms with Crippen LogP contribution in [0.5, 0.6) is 0 Å². The van der Waals surface area contributed by atoms with Crippen LogP contribution >= 0.6 is 22.9 Å². The van der Waals surface area contributed by atoms with Gasteiger partial charge >= 0.3 is 6.18 Å². The van der Waals surface area contributed by atoms with Crippen molar-refractivity contribution in [3.63, 3.8) is 0 Å². The molecule has 0 radical (unpaired) electrons. The molecule has 0 fully saturated rings. The van der Waals surface area contributed by atoms with Crippen molar-refractivity contribution in [1.29, 1.82) is 0 Å². The Balaban J connectivity index is 1.72. The number of carbonyl (C=O) groups is 1. The summed E-state index contributed by atoms with van der Waals surface area (Å²) in [6.45, 7) is 0.172. The van der Waals surface area contributed by atoms with E-state index in [2.05, 4.69) is 10.3 Å². The van der Waals surface area contributed by atoms with Gasteiger partial charge < -0.3 is 5.32 Å². The van der Waals surface area contributed by atoms with Crippen LogP contribution in [-0.4, -0.2) is 15.3 Å². The fraction of sp³-hybridized carbons (Fsp3) is 0.100.